The highest BCUT2D eigenvalue weighted by atomic mass is 32.1. The predicted molar refractivity (Wildman–Crippen MR) is 99.9 cm³/mol. The van der Waals surface area contributed by atoms with Gasteiger partial charge in [-0.25, -0.2) is 0 Å². The number of hydrogen-bond acceptors (Lipinski definition) is 6. The van der Waals surface area contributed by atoms with Crippen molar-refractivity contribution < 1.29 is 19.2 Å². The van der Waals surface area contributed by atoms with E-state index in [9.17, 15) is 19.2 Å². The van der Waals surface area contributed by atoms with Gasteiger partial charge in [-0.2, -0.15) is 12.6 Å². The Labute approximate surface area is 154 Å². The van der Waals surface area contributed by atoms with Gasteiger partial charge in [0.2, 0.25) is 11.8 Å². The molecular formula is C18H15N3O4S. The molecule has 2 aromatic carbocycles. The van der Waals surface area contributed by atoms with Crippen molar-refractivity contribution in [3.05, 3.63) is 58.7 Å². The maximum absolute atomic E-state index is 13.0. The Morgan fingerprint density at radius 2 is 1.31 bits per heavy atom. The molecule has 0 saturated carbocycles. The number of thiol groups is 1. The highest BCUT2D eigenvalue weighted by Crippen LogP contribution is 2.35. The molecule has 8 heteroatoms. The second-order valence-electron chi connectivity index (χ2n) is 5.57. The third-order valence-electron chi connectivity index (χ3n) is 3.95. The lowest BCUT2D eigenvalue weighted by atomic mass is 9.82. The number of carbonyl (C=O) groups is 4. The smallest absolute Gasteiger partial charge is 0.238 e. The third-order valence-corrected chi connectivity index (χ3v) is 4.24. The Hall–Kier alpha value is -2.97. The fourth-order valence-corrected chi connectivity index (χ4v) is 2.92. The fourth-order valence-electron chi connectivity index (χ4n) is 2.84. The van der Waals surface area contributed by atoms with E-state index in [1.165, 1.54) is 18.2 Å². The summed E-state index contributed by atoms with van der Waals surface area (Å²) >= 11 is 3.90. The van der Waals surface area contributed by atoms with Crippen LogP contribution in [0.4, 0.5) is 11.4 Å². The van der Waals surface area contributed by atoms with Gasteiger partial charge in [0, 0.05) is 11.1 Å². The number of hydrogen-bond donors (Lipinski definition) is 4. The molecule has 1 aliphatic carbocycles. The minimum absolute atomic E-state index is 0.0579. The van der Waals surface area contributed by atoms with Gasteiger partial charge in [0.25, 0.3) is 0 Å². The molecule has 0 atom stereocenters. The SMILES string of the molecule is NCC(=O)Nc1cccc2c1C(=O)c1cccc(NC(=O)CS)c1C2=O. The lowest BCUT2D eigenvalue weighted by molar-refractivity contribution is -0.115. The molecule has 7 nitrogen and oxygen atoms in total. The van der Waals surface area contributed by atoms with Crippen molar-refractivity contribution in [2.75, 3.05) is 22.9 Å². The zero-order valence-electron chi connectivity index (χ0n) is 13.5. The molecule has 26 heavy (non-hydrogen) atoms. The van der Waals surface area contributed by atoms with Crippen LogP contribution in [0.1, 0.15) is 31.8 Å². The Kier molecular flexibility index (Phi) is 4.88. The molecule has 0 bridgehead atoms. The second-order valence-corrected chi connectivity index (χ2v) is 5.89. The van der Waals surface area contributed by atoms with E-state index in [0.717, 1.165) is 0 Å². The van der Waals surface area contributed by atoms with E-state index in [4.69, 9.17) is 5.73 Å². The summed E-state index contributed by atoms with van der Waals surface area (Å²) < 4.78 is 0. The highest BCUT2D eigenvalue weighted by Gasteiger charge is 2.34. The van der Waals surface area contributed by atoms with Gasteiger partial charge in [-0.15, -0.1) is 0 Å². The monoisotopic (exact) mass is 369 g/mol. The molecule has 0 radical (unpaired) electrons. The van der Waals surface area contributed by atoms with Crippen LogP contribution in [0.25, 0.3) is 0 Å². The van der Waals surface area contributed by atoms with Gasteiger partial charge in [-0.1, -0.05) is 24.3 Å². The van der Waals surface area contributed by atoms with Gasteiger partial charge in [0.05, 0.1) is 34.8 Å². The van der Waals surface area contributed by atoms with Crippen molar-refractivity contribution in [2.24, 2.45) is 5.73 Å². The van der Waals surface area contributed by atoms with Crippen molar-refractivity contribution in [2.45, 2.75) is 0 Å². The molecule has 3 rings (SSSR count). The summed E-state index contributed by atoms with van der Waals surface area (Å²) in [5.41, 5.74) is 6.34. The lowest BCUT2D eigenvalue weighted by Gasteiger charge is -2.22. The second kappa shape index (κ2) is 7.11. The van der Waals surface area contributed by atoms with Gasteiger partial charge in [0.15, 0.2) is 11.6 Å². The van der Waals surface area contributed by atoms with Crippen LogP contribution in [0.3, 0.4) is 0 Å². The molecule has 0 saturated heterocycles. The largest absolute Gasteiger partial charge is 0.325 e. The highest BCUT2D eigenvalue weighted by molar-refractivity contribution is 7.81. The number of amides is 2. The molecule has 1 aliphatic rings. The zero-order valence-corrected chi connectivity index (χ0v) is 14.4. The first-order valence-corrected chi connectivity index (χ1v) is 8.37. The number of carbonyl (C=O) groups excluding carboxylic acids is 4. The lowest BCUT2D eigenvalue weighted by Crippen LogP contribution is -2.27. The predicted octanol–water partition coefficient (Wildman–Crippen LogP) is 1.23. The van der Waals surface area contributed by atoms with Gasteiger partial charge in [-0.3, -0.25) is 19.2 Å². The number of nitrogens with one attached hydrogen (secondary N) is 2. The molecule has 4 N–H and O–H groups in total. The summed E-state index contributed by atoms with van der Waals surface area (Å²) in [5, 5.41) is 5.12. The number of benzene rings is 2. The number of nitrogens with two attached hydrogens (primary N) is 1. The molecule has 0 fully saturated rings. The van der Waals surface area contributed by atoms with E-state index in [1.807, 2.05) is 0 Å². The normalized spacial score (nSPS) is 12.2. The average molecular weight is 369 g/mol. The van der Waals surface area contributed by atoms with E-state index < -0.39 is 23.4 Å². The van der Waals surface area contributed by atoms with E-state index in [2.05, 4.69) is 23.3 Å². The minimum Gasteiger partial charge on any atom is -0.325 e. The fraction of sp³-hybridized carbons (Fsp3) is 0.111. The summed E-state index contributed by atoms with van der Waals surface area (Å²) in [4.78, 5) is 49.3. The van der Waals surface area contributed by atoms with Crippen molar-refractivity contribution >= 4 is 47.4 Å². The van der Waals surface area contributed by atoms with Crippen LogP contribution in [0, 0.1) is 0 Å². The number of anilines is 2. The van der Waals surface area contributed by atoms with E-state index in [-0.39, 0.29) is 45.9 Å². The van der Waals surface area contributed by atoms with Crippen LogP contribution >= 0.6 is 12.6 Å². The average Bonchev–Trinajstić information content (AvgIpc) is 2.65. The van der Waals surface area contributed by atoms with E-state index in [1.54, 1.807) is 18.2 Å². The Bertz CT molecular complexity index is 878. The van der Waals surface area contributed by atoms with Crippen LogP contribution in [0.2, 0.25) is 0 Å². The van der Waals surface area contributed by atoms with Gasteiger partial charge < -0.3 is 16.4 Å². The molecule has 0 aliphatic heterocycles. The first kappa shape index (κ1) is 17.8. The molecule has 0 heterocycles. The van der Waals surface area contributed by atoms with Gasteiger partial charge in [-0.05, 0) is 12.1 Å². The van der Waals surface area contributed by atoms with E-state index >= 15 is 0 Å². The van der Waals surface area contributed by atoms with E-state index in [0.29, 0.717) is 0 Å². The topological polar surface area (TPSA) is 118 Å². The van der Waals surface area contributed by atoms with Crippen molar-refractivity contribution in [3.63, 3.8) is 0 Å². The van der Waals surface area contributed by atoms with Gasteiger partial charge >= 0.3 is 0 Å². The maximum atomic E-state index is 13.0. The van der Waals surface area contributed by atoms with Crippen LogP contribution in [0.5, 0.6) is 0 Å². The Balaban J connectivity index is 2.14. The third kappa shape index (κ3) is 3.00. The van der Waals surface area contributed by atoms with Crippen molar-refractivity contribution in [1.82, 2.24) is 0 Å². The summed E-state index contributed by atoms with van der Waals surface area (Å²) in [6, 6.07) is 9.25. The maximum Gasteiger partial charge on any atom is 0.238 e. The first-order chi connectivity index (χ1) is 12.5. The Morgan fingerprint density at radius 3 is 1.73 bits per heavy atom. The first-order valence-electron chi connectivity index (χ1n) is 7.74. The van der Waals surface area contributed by atoms with Crippen molar-refractivity contribution in [3.8, 4) is 0 Å². The number of rotatable bonds is 4. The Morgan fingerprint density at radius 1 is 0.846 bits per heavy atom. The number of ketones is 2. The molecule has 0 spiro atoms. The van der Waals surface area contributed by atoms with Crippen LogP contribution in [-0.4, -0.2) is 35.7 Å². The summed E-state index contributed by atoms with van der Waals surface area (Å²) in [6.07, 6.45) is 0. The summed E-state index contributed by atoms with van der Waals surface area (Å²) in [6.45, 7) is -0.248. The minimum atomic E-state index is -0.473. The standard InChI is InChI=1S/C18H15N3O4S/c19-7-13(22)20-11-5-1-3-9-15(11)17(24)10-4-2-6-12(16(10)18(9)25)21-14(23)8-26/h1-6,26H,7-8,19H2,(H,20,22)(H,21,23). The molecule has 2 amide bonds. The number of fused-ring (bicyclic) bond motifs is 2. The zero-order chi connectivity index (χ0) is 18.8. The van der Waals surface area contributed by atoms with Crippen LogP contribution in [-0.2, 0) is 9.59 Å². The summed E-state index contributed by atoms with van der Waals surface area (Å²) in [7, 11) is 0. The summed E-state index contributed by atoms with van der Waals surface area (Å²) in [5.74, 6) is -1.74. The molecule has 0 unspecified atom stereocenters. The van der Waals surface area contributed by atoms with Gasteiger partial charge in [0.1, 0.15) is 0 Å². The molecule has 2 aromatic rings. The van der Waals surface area contributed by atoms with Crippen molar-refractivity contribution in [1.29, 1.82) is 0 Å². The quantitative estimate of drug-likeness (QED) is 0.516. The molecular weight excluding hydrogens is 354 g/mol. The van der Waals surface area contributed by atoms with Crippen LogP contribution in [0.15, 0.2) is 36.4 Å². The van der Waals surface area contributed by atoms with Crippen LogP contribution < -0.4 is 16.4 Å². The molecule has 0 aromatic heterocycles. The molecule has 132 valence electrons.